The Morgan fingerprint density at radius 3 is 2.81 bits per heavy atom. The number of carbonyl (C=O) groups excluding carboxylic acids is 1. The lowest BCUT2D eigenvalue weighted by Gasteiger charge is -2.09. The smallest absolute Gasteiger partial charge is 0.315 e. The number of carbonyl (C=O) groups is 1. The highest BCUT2D eigenvalue weighted by atomic mass is 16.5. The summed E-state index contributed by atoms with van der Waals surface area (Å²) in [6, 6.07) is 3.59. The lowest BCUT2D eigenvalue weighted by Crippen LogP contribution is -2.34. The first kappa shape index (κ1) is 12.3. The van der Waals surface area contributed by atoms with E-state index in [2.05, 4.69) is 15.6 Å². The number of methoxy groups -OCH3 is 1. The molecule has 1 aromatic heterocycles. The lowest BCUT2D eigenvalue weighted by atomic mass is 10.2. The Labute approximate surface area is 95.2 Å². The molecule has 0 aliphatic heterocycles. The summed E-state index contributed by atoms with van der Waals surface area (Å²) in [7, 11) is 1.57. The third kappa shape index (κ3) is 3.42. The number of pyridine rings is 1. The molecule has 1 heterocycles. The average Bonchev–Trinajstić information content (AvgIpc) is 2.27. The number of nitrogens with zero attached hydrogens (tertiary/aromatic N) is 1. The Bertz CT molecular complexity index is 366. The van der Waals surface area contributed by atoms with Crippen molar-refractivity contribution in [3.05, 3.63) is 23.4 Å². The first-order chi connectivity index (χ1) is 7.67. The molecular formula is C11H17N3O2. The number of nitrogens with one attached hydrogen (secondary N) is 2. The summed E-state index contributed by atoms with van der Waals surface area (Å²) < 4.78 is 5.14. The molecule has 0 aliphatic carbocycles. The van der Waals surface area contributed by atoms with E-state index in [1.165, 1.54) is 0 Å². The fourth-order valence-corrected chi connectivity index (χ4v) is 1.27. The summed E-state index contributed by atoms with van der Waals surface area (Å²) in [5.41, 5.74) is 1.75. The maximum absolute atomic E-state index is 11.2. The van der Waals surface area contributed by atoms with Crippen LogP contribution in [0, 0.1) is 6.92 Å². The van der Waals surface area contributed by atoms with Crippen LogP contribution in [-0.4, -0.2) is 24.7 Å². The van der Waals surface area contributed by atoms with E-state index in [4.69, 9.17) is 4.74 Å². The van der Waals surface area contributed by atoms with Crippen molar-refractivity contribution in [2.45, 2.75) is 20.4 Å². The molecule has 0 aliphatic rings. The molecule has 5 heteroatoms. The van der Waals surface area contributed by atoms with E-state index >= 15 is 0 Å². The molecule has 0 spiro atoms. The number of aromatic nitrogens is 1. The summed E-state index contributed by atoms with van der Waals surface area (Å²) in [5, 5.41) is 5.38. The fourth-order valence-electron chi connectivity index (χ4n) is 1.27. The van der Waals surface area contributed by atoms with Crippen LogP contribution >= 0.6 is 0 Å². The van der Waals surface area contributed by atoms with Gasteiger partial charge in [-0.05, 0) is 19.9 Å². The van der Waals surface area contributed by atoms with Gasteiger partial charge in [0, 0.05) is 24.3 Å². The Hall–Kier alpha value is -1.78. The molecule has 0 atom stereocenters. The molecular weight excluding hydrogens is 206 g/mol. The first-order valence-corrected chi connectivity index (χ1v) is 5.19. The van der Waals surface area contributed by atoms with E-state index in [0.29, 0.717) is 19.0 Å². The van der Waals surface area contributed by atoms with Crippen molar-refractivity contribution in [3.63, 3.8) is 0 Å². The van der Waals surface area contributed by atoms with E-state index in [-0.39, 0.29) is 6.03 Å². The van der Waals surface area contributed by atoms with Crippen LogP contribution in [0.4, 0.5) is 4.79 Å². The highest BCUT2D eigenvalue weighted by Gasteiger charge is 2.06. The third-order valence-electron chi connectivity index (χ3n) is 2.05. The van der Waals surface area contributed by atoms with Gasteiger partial charge in [-0.1, -0.05) is 6.07 Å². The molecule has 16 heavy (non-hydrogen) atoms. The SMILES string of the molecule is CCNC(=O)NCc1ccc(C)nc1OC. The van der Waals surface area contributed by atoms with E-state index in [0.717, 1.165) is 11.3 Å². The van der Waals surface area contributed by atoms with Gasteiger partial charge in [0.25, 0.3) is 0 Å². The molecule has 0 unspecified atom stereocenters. The summed E-state index contributed by atoms with van der Waals surface area (Å²) in [5.74, 6) is 0.553. The lowest BCUT2D eigenvalue weighted by molar-refractivity contribution is 0.241. The van der Waals surface area contributed by atoms with Gasteiger partial charge in [-0.2, -0.15) is 0 Å². The summed E-state index contributed by atoms with van der Waals surface area (Å²) >= 11 is 0. The molecule has 0 aromatic carbocycles. The van der Waals surface area contributed by atoms with Crippen molar-refractivity contribution in [1.29, 1.82) is 0 Å². The Morgan fingerprint density at radius 1 is 1.44 bits per heavy atom. The number of amides is 2. The van der Waals surface area contributed by atoms with Gasteiger partial charge in [0.15, 0.2) is 0 Å². The van der Waals surface area contributed by atoms with E-state index in [1.54, 1.807) is 7.11 Å². The number of hydrogen-bond donors (Lipinski definition) is 2. The minimum absolute atomic E-state index is 0.190. The van der Waals surface area contributed by atoms with Gasteiger partial charge in [0.2, 0.25) is 5.88 Å². The van der Waals surface area contributed by atoms with Crippen molar-refractivity contribution in [1.82, 2.24) is 15.6 Å². The maximum Gasteiger partial charge on any atom is 0.315 e. The summed E-state index contributed by atoms with van der Waals surface area (Å²) in [4.78, 5) is 15.4. The van der Waals surface area contributed by atoms with Crippen molar-refractivity contribution < 1.29 is 9.53 Å². The Balaban J connectivity index is 2.63. The fraction of sp³-hybridized carbons (Fsp3) is 0.455. The quantitative estimate of drug-likeness (QED) is 0.806. The molecule has 5 nitrogen and oxygen atoms in total. The zero-order valence-electron chi connectivity index (χ0n) is 9.83. The molecule has 1 aromatic rings. The molecule has 2 N–H and O–H groups in total. The first-order valence-electron chi connectivity index (χ1n) is 5.19. The number of urea groups is 1. The van der Waals surface area contributed by atoms with Crippen LogP contribution in [0.25, 0.3) is 0 Å². The largest absolute Gasteiger partial charge is 0.481 e. The number of aryl methyl sites for hydroxylation is 1. The molecule has 88 valence electrons. The van der Waals surface area contributed by atoms with Crippen LogP contribution in [0.3, 0.4) is 0 Å². The van der Waals surface area contributed by atoms with Crippen molar-refractivity contribution in [3.8, 4) is 5.88 Å². The van der Waals surface area contributed by atoms with Crippen LogP contribution in [0.5, 0.6) is 5.88 Å². The van der Waals surface area contributed by atoms with Gasteiger partial charge in [-0.25, -0.2) is 9.78 Å². The second-order valence-electron chi connectivity index (χ2n) is 3.33. The van der Waals surface area contributed by atoms with Crippen LogP contribution in [0.2, 0.25) is 0 Å². The minimum Gasteiger partial charge on any atom is -0.481 e. The van der Waals surface area contributed by atoms with Crippen LogP contribution in [0.1, 0.15) is 18.2 Å². The predicted octanol–water partition coefficient (Wildman–Crippen LogP) is 1.22. The van der Waals surface area contributed by atoms with Gasteiger partial charge < -0.3 is 15.4 Å². The molecule has 2 amide bonds. The Kier molecular flexibility index (Phi) is 4.57. The van der Waals surface area contributed by atoms with Crippen LogP contribution in [0.15, 0.2) is 12.1 Å². The van der Waals surface area contributed by atoms with Crippen LogP contribution in [-0.2, 0) is 6.54 Å². The van der Waals surface area contributed by atoms with Gasteiger partial charge in [0.05, 0.1) is 7.11 Å². The van der Waals surface area contributed by atoms with Gasteiger partial charge in [-0.3, -0.25) is 0 Å². The molecule has 1 rings (SSSR count). The minimum atomic E-state index is -0.190. The number of ether oxygens (including phenoxy) is 1. The highest BCUT2D eigenvalue weighted by molar-refractivity contribution is 5.73. The molecule has 0 fully saturated rings. The second kappa shape index (κ2) is 5.95. The average molecular weight is 223 g/mol. The van der Waals surface area contributed by atoms with Gasteiger partial charge >= 0.3 is 6.03 Å². The number of rotatable bonds is 4. The molecule has 0 bridgehead atoms. The highest BCUT2D eigenvalue weighted by Crippen LogP contribution is 2.14. The summed E-state index contributed by atoms with van der Waals surface area (Å²) in [6.45, 7) is 4.77. The van der Waals surface area contributed by atoms with E-state index in [9.17, 15) is 4.79 Å². The zero-order chi connectivity index (χ0) is 12.0. The standard InChI is InChI=1S/C11H17N3O2/c1-4-12-11(15)13-7-9-6-5-8(2)14-10(9)16-3/h5-6H,4,7H2,1-3H3,(H2,12,13,15). The van der Waals surface area contributed by atoms with E-state index < -0.39 is 0 Å². The van der Waals surface area contributed by atoms with Crippen molar-refractivity contribution >= 4 is 6.03 Å². The molecule has 0 saturated heterocycles. The van der Waals surface area contributed by atoms with Gasteiger partial charge in [0.1, 0.15) is 0 Å². The van der Waals surface area contributed by atoms with Crippen molar-refractivity contribution in [2.75, 3.05) is 13.7 Å². The van der Waals surface area contributed by atoms with Crippen molar-refractivity contribution in [2.24, 2.45) is 0 Å². The molecule has 0 saturated carbocycles. The normalized spacial score (nSPS) is 9.69. The maximum atomic E-state index is 11.2. The monoisotopic (exact) mass is 223 g/mol. The third-order valence-corrected chi connectivity index (χ3v) is 2.05. The second-order valence-corrected chi connectivity index (χ2v) is 3.33. The number of hydrogen-bond acceptors (Lipinski definition) is 3. The van der Waals surface area contributed by atoms with Gasteiger partial charge in [-0.15, -0.1) is 0 Å². The molecule has 0 radical (unpaired) electrons. The zero-order valence-corrected chi connectivity index (χ0v) is 9.83. The predicted molar refractivity (Wildman–Crippen MR) is 61.4 cm³/mol. The van der Waals surface area contributed by atoms with Crippen LogP contribution < -0.4 is 15.4 Å². The Morgan fingerprint density at radius 2 is 2.19 bits per heavy atom. The van der Waals surface area contributed by atoms with E-state index in [1.807, 2.05) is 26.0 Å². The summed E-state index contributed by atoms with van der Waals surface area (Å²) in [6.07, 6.45) is 0. The topological polar surface area (TPSA) is 63.2 Å².